The number of ether oxygens (including phenoxy) is 1. The normalized spacial score (nSPS) is 14.0. The lowest BCUT2D eigenvalue weighted by Crippen LogP contribution is -1.95. The van der Waals surface area contributed by atoms with Gasteiger partial charge in [-0.15, -0.1) is 0 Å². The van der Waals surface area contributed by atoms with Gasteiger partial charge in [-0.1, -0.05) is 17.3 Å². The summed E-state index contributed by atoms with van der Waals surface area (Å²) in [4.78, 5) is 15.0. The molecule has 0 spiro atoms. The smallest absolute Gasteiger partial charge is 0.335 e. The molecular weight excluding hydrogens is 248 g/mol. The van der Waals surface area contributed by atoms with Crippen molar-refractivity contribution in [3.8, 4) is 11.4 Å². The molecule has 0 radical (unpaired) electrons. The fourth-order valence-electron chi connectivity index (χ4n) is 1.77. The molecule has 1 aromatic heterocycles. The largest absolute Gasteiger partial charge is 0.488 e. The maximum Gasteiger partial charge on any atom is 0.335 e. The van der Waals surface area contributed by atoms with Gasteiger partial charge in [0.25, 0.3) is 5.89 Å². The number of hydrogen-bond donors (Lipinski definition) is 1. The Bertz CT molecular complexity index is 643. The van der Waals surface area contributed by atoms with Crippen molar-refractivity contribution in [2.24, 2.45) is 0 Å². The second-order valence-electron chi connectivity index (χ2n) is 4.01. The second kappa shape index (κ2) is 4.56. The highest BCUT2D eigenvalue weighted by Crippen LogP contribution is 2.23. The van der Waals surface area contributed by atoms with Crippen LogP contribution in [0.4, 0.5) is 0 Å². The van der Waals surface area contributed by atoms with Crippen molar-refractivity contribution >= 4 is 11.7 Å². The number of carboxylic acids is 1. The maximum atomic E-state index is 10.8. The lowest BCUT2D eigenvalue weighted by Gasteiger charge is -1.96. The highest BCUT2D eigenvalue weighted by molar-refractivity contribution is 5.88. The van der Waals surface area contributed by atoms with Crippen LogP contribution in [0, 0.1) is 0 Å². The van der Waals surface area contributed by atoms with Crippen LogP contribution in [-0.4, -0.2) is 27.8 Å². The van der Waals surface area contributed by atoms with Gasteiger partial charge in [0.15, 0.2) is 5.76 Å². The molecule has 6 heteroatoms. The molecule has 1 aromatic carbocycles. The minimum absolute atomic E-state index is 0.217. The highest BCUT2D eigenvalue weighted by atomic mass is 16.5. The summed E-state index contributed by atoms with van der Waals surface area (Å²) in [5, 5.41) is 12.7. The predicted octanol–water partition coefficient (Wildman–Crippen LogP) is 2.20. The van der Waals surface area contributed by atoms with Gasteiger partial charge in [0.05, 0.1) is 12.2 Å². The Balaban J connectivity index is 1.88. The fraction of sp³-hybridized carbons (Fsp3) is 0.154. The number of aromatic carboxylic acids is 1. The summed E-state index contributed by atoms with van der Waals surface area (Å²) < 4.78 is 10.4. The lowest BCUT2D eigenvalue weighted by molar-refractivity contribution is 0.0697. The molecule has 1 N–H and O–H groups in total. The molecule has 0 bridgehead atoms. The topological polar surface area (TPSA) is 85.5 Å². The van der Waals surface area contributed by atoms with Gasteiger partial charge in [0, 0.05) is 12.0 Å². The van der Waals surface area contributed by atoms with Crippen LogP contribution in [0.5, 0.6) is 0 Å². The molecule has 1 aliphatic heterocycles. The Morgan fingerprint density at radius 3 is 2.68 bits per heavy atom. The monoisotopic (exact) mass is 258 g/mol. The molecule has 1 aliphatic rings. The summed E-state index contributed by atoms with van der Waals surface area (Å²) in [6.07, 6.45) is 2.73. The molecule has 0 amide bonds. The molecular formula is C13H10N2O4. The van der Waals surface area contributed by atoms with E-state index in [-0.39, 0.29) is 5.56 Å². The van der Waals surface area contributed by atoms with E-state index in [1.54, 1.807) is 12.1 Å². The maximum absolute atomic E-state index is 10.8. The molecule has 0 saturated heterocycles. The van der Waals surface area contributed by atoms with Crippen molar-refractivity contribution in [1.29, 1.82) is 0 Å². The van der Waals surface area contributed by atoms with Crippen LogP contribution in [0.1, 0.15) is 22.7 Å². The molecule has 2 heterocycles. The van der Waals surface area contributed by atoms with Crippen LogP contribution in [-0.2, 0) is 4.74 Å². The number of carboxylic acid groups (broad SMARTS) is 1. The van der Waals surface area contributed by atoms with Gasteiger partial charge >= 0.3 is 5.97 Å². The summed E-state index contributed by atoms with van der Waals surface area (Å²) in [5.74, 6) is 0.379. The lowest BCUT2D eigenvalue weighted by atomic mass is 10.1. The number of nitrogens with zero attached hydrogens (tertiary/aromatic N) is 2. The van der Waals surface area contributed by atoms with E-state index in [4.69, 9.17) is 14.4 Å². The van der Waals surface area contributed by atoms with Crippen molar-refractivity contribution in [2.75, 3.05) is 6.61 Å². The first-order chi connectivity index (χ1) is 9.24. The molecule has 96 valence electrons. The van der Waals surface area contributed by atoms with Crippen molar-refractivity contribution in [2.45, 2.75) is 6.42 Å². The van der Waals surface area contributed by atoms with Crippen LogP contribution in [0.2, 0.25) is 0 Å². The molecule has 6 nitrogen and oxygen atoms in total. The zero-order chi connectivity index (χ0) is 13.2. The van der Waals surface area contributed by atoms with E-state index in [0.29, 0.717) is 29.6 Å². The minimum atomic E-state index is -0.968. The van der Waals surface area contributed by atoms with E-state index in [0.717, 1.165) is 6.42 Å². The van der Waals surface area contributed by atoms with Crippen LogP contribution in [0.15, 0.2) is 34.9 Å². The van der Waals surface area contributed by atoms with Crippen molar-refractivity contribution in [3.63, 3.8) is 0 Å². The van der Waals surface area contributed by atoms with Crippen LogP contribution in [0.25, 0.3) is 17.1 Å². The third-order valence-corrected chi connectivity index (χ3v) is 2.73. The van der Waals surface area contributed by atoms with E-state index in [2.05, 4.69) is 10.1 Å². The average molecular weight is 258 g/mol. The molecule has 19 heavy (non-hydrogen) atoms. The third kappa shape index (κ3) is 2.20. The van der Waals surface area contributed by atoms with Crippen molar-refractivity contribution < 1.29 is 19.2 Å². The second-order valence-corrected chi connectivity index (χ2v) is 4.01. The zero-order valence-corrected chi connectivity index (χ0v) is 9.87. The van der Waals surface area contributed by atoms with Gasteiger partial charge < -0.3 is 14.4 Å². The summed E-state index contributed by atoms with van der Waals surface area (Å²) in [6.45, 7) is 0.625. The van der Waals surface area contributed by atoms with E-state index in [1.807, 2.05) is 6.08 Å². The summed E-state index contributed by atoms with van der Waals surface area (Å²) >= 11 is 0. The Hall–Kier alpha value is -2.63. The fourth-order valence-corrected chi connectivity index (χ4v) is 1.77. The van der Waals surface area contributed by atoms with Crippen molar-refractivity contribution in [1.82, 2.24) is 10.1 Å². The Labute approximate surface area is 108 Å². The Kier molecular flexibility index (Phi) is 2.75. The third-order valence-electron chi connectivity index (χ3n) is 2.73. The van der Waals surface area contributed by atoms with E-state index < -0.39 is 5.97 Å². The molecule has 0 saturated carbocycles. The minimum Gasteiger partial charge on any atom is -0.488 e. The summed E-state index contributed by atoms with van der Waals surface area (Å²) in [7, 11) is 0. The van der Waals surface area contributed by atoms with Gasteiger partial charge in [-0.3, -0.25) is 0 Å². The molecule has 0 aliphatic carbocycles. The first-order valence-corrected chi connectivity index (χ1v) is 5.75. The van der Waals surface area contributed by atoms with Gasteiger partial charge in [0.1, 0.15) is 0 Å². The van der Waals surface area contributed by atoms with E-state index in [1.165, 1.54) is 12.1 Å². The van der Waals surface area contributed by atoms with E-state index >= 15 is 0 Å². The van der Waals surface area contributed by atoms with Gasteiger partial charge in [-0.2, -0.15) is 4.98 Å². The van der Waals surface area contributed by atoms with E-state index in [9.17, 15) is 4.79 Å². The van der Waals surface area contributed by atoms with Crippen LogP contribution >= 0.6 is 0 Å². The first kappa shape index (κ1) is 11.5. The summed E-state index contributed by atoms with van der Waals surface area (Å²) in [6, 6.07) is 6.28. The average Bonchev–Trinajstić information content (AvgIpc) is 3.10. The number of carbonyl (C=O) groups is 1. The molecule has 2 aromatic rings. The van der Waals surface area contributed by atoms with Crippen molar-refractivity contribution in [3.05, 3.63) is 41.8 Å². The number of aromatic nitrogens is 2. The van der Waals surface area contributed by atoms with Gasteiger partial charge in [0.2, 0.25) is 5.82 Å². The molecule has 0 unspecified atom stereocenters. The zero-order valence-electron chi connectivity index (χ0n) is 9.87. The molecule has 0 atom stereocenters. The van der Waals surface area contributed by atoms with Gasteiger partial charge in [-0.25, -0.2) is 4.79 Å². The van der Waals surface area contributed by atoms with Crippen LogP contribution in [0.3, 0.4) is 0 Å². The SMILES string of the molecule is O=C(O)c1ccc(-c2noc(C3=CCCO3)n2)cc1. The standard InChI is InChI=1S/C13H10N2O4/c16-13(17)9-5-3-8(4-6-9)11-14-12(19-15-11)10-2-1-7-18-10/h2-6H,1,7H2,(H,16,17). The predicted molar refractivity (Wildman–Crippen MR) is 65.2 cm³/mol. The number of benzene rings is 1. The highest BCUT2D eigenvalue weighted by Gasteiger charge is 2.17. The first-order valence-electron chi connectivity index (χ1n) is 5.75. The Morgan fingerprint density at radius 1 is 1.26 bits per heavy atom. The Morgan fingerprint density at radius 2 is 2.05 bits per heavy atom. The number of rotatable bonds is 3. The quantitative estimate of drug-likeness (QED) is 0.908. The van der Waals surface area contributed by atoms with Crippen LogP contribution < -0.4 is 0 Å². The summed E-state index contributed by atoms with van der Waals surface area (Å²) in [5.41, 5.74) is 0.910. The van der Waals surface area contributed by atoms with Gasteiger partial charge in [-0.05, 0) is 18.2 Å². The number of hydrogen-bond acceptors (Lipinski definition) is 5. The molecule has 0 fully saturated rings. The molecule has 3 rings (SSSR count).